The second-order valence-corrected chi connectivity index (χ2v) is 3.02. The van der Waals surface area contributed by atoms with Gasteiger partial charge in [-0.25, -0.2) is 0 Å². The number of hydrogen-bond acceptors (Lipinski definition) is 3. The first kappa shape index (κ1) is 7.55. The molecule has 0 fully saturated rings. The molecule has 3 heteroatoms. The van der Waals surface area contributed by atoms with Crippen LogP contribution in [0.2, 0.25) is 0 Å². The summed E-state index contributed by atoms with van der Waals surface area (Å²) in [6.45, 7) is 2.49. The van der Waals surface area contributed by atoms with Crippen LogP contribution >= 0.6 is 0 Å². The van der Waals surface area contributed by atoms with Crippen molar-refractivity contribution in [2.75, 3.05) is 6.61 Å². The first-order valence-electron chi connectivity index (χ1n) is 4.05. The lowest BCUT2D eigenvalue weighted by atomic mass is 10.0. The third-order valence-electron chi connectivity index (χ3n) is 2.04. The third kappa shape index (κ3) is 1.16. The molecule has 0 saturated heterocycles. The van der Waals surface area contributed by atoms with E-state index in [4.69, 9.17) is 4.74 Å². The van der Waals surface area contributed by atoms with Gasteiger partial charge in [0, 0.05) is 17.7 Å². The molecule has 0 saturated carbocycles. The van der Waals surface area contributed by atoms with Crippen molar-refractivity contribution in [1.82, 2.24) is 4.98 Å². The quantitative estimate of drug-likeness (QED) is 0.628. The summed E-state index contributed by atoms with van der Waals surface area (Å²) in [5.74, 6) is 0.722. The lowest BCUT2D eigenvalue weighted by Crippen LogP contribution is -2.14. The number of aryl methyl sites for hydroxylation is 1. The Morgan fingerprint density at radius 2 is 2.50 bits per heavy atom. The Morgan fingerprint density at radius 1 is 1.67 bits per heavy atom. The van der Waals surface area contributed by atoms with E-state index in [2.05, 4.69) is 4.98 Å². The Labute approximate surface area is 71.0 Å². The van der Waals surface area contributed by atoms with Gasteiger partial charge in [-0.2, -0.15) is 0 Å². The average molecular weight is 165 g/mol. The molecule has 0 spiro atoms. The Kier molecular flexibility index (Phi) is 1.73. The molecule has 0 amide bonds. The Hall–Kier alpha value is -1.09. The molecule has 2 heterocycles. The first-order chi connectivity index (χ1) is 5.77. The van der Waals surface area contributed by atoms with Gasteiger partial charge in [0.05, 0.1) is 18.9 Å². The fourth-order valence-corrected chi connectivity index (χ4v) is 1.39. The molecule has 2 rings (SSSR count). The number of rotatable bonds is 0. The summed E-state index contributed by atoms with van der Waals surface area (Å²) < 4.78 is 5.33. The topological polar surface area (TPSA) is 42.4 Å². The molecule has 3 nitrogen and oxygen atoms in total. The second-order valence-electron chi connectivity index (χ2n) is 3.02. The molecular formula is C9H11NO2. The van der Waals surface area contributed by atoms with E-state index in [0.29, 0.717) is 13.0 Å². The number of nitrogens with zero attached hydrogens (tertiary/aromatic N) is 1. The van der Waals surface area contributed by atoms with Crippen molar-refractivity contribution in [2.45, 2.75) is 19.4 Å². The van der Waals surface area contributed by atoms with Crippen molar-refractivity contribution >= 4 is 0 Å². The molecule has 1 aromatic heterocycles. The molecular weight excluding hydrogens is 154 g/mol. The Balaban J connectivity index is 2.47. The molecule has 1 aliphatic heterocycles. The van der Waals surface area contributed by atoms with Crippen LogP contribution in [0.25, 0.3) is 0 Å². The predicted molar refractivity (Wildman–Crippen MR) is 44.0 cm³/mol. The van der Waals surface area contributed by atoms with Crippen LogP contribution in [0, 0.1) is 6.92 Å². The molecule has 12 heavy (non-hydrogen) atoms. The summed E-state index contributed by atoms with van der Waals surface area (Å²) in [6, 6.07) is 1.87. The fraction of sp³-hybridized carbons (Fsp3) is 0.444. The van der Waals surface area contributed by atoms with E-state index in [-0.39, 0.29) is 6.10 Å². The maximum Gasteiger partial charge on any atom is 0.143 e. The van der Waals surface area contributed by atoms with Crippen LogP contribution < -0.4 is 4.74 Å². The SMILES string of the molecule is Cc1cc2c(cn1)OCCC2O. The highest BCUT2D eigenvalue weighted by molar-refractivity contribution is 5.35. The van der Waals surface area contributed by atoms with Gasteiger partial charge in [0.25, 0.3) is 0 Å². The van der Waals surface area contributed by atoms with Crippen LogP contribution in [0.15, 0.2) is 12.3 Å². The molecule has 1 atom stereocenters. The van der Waals surface area contributed by atoms with Crippen molar-refractivity contribution < 1.29 is 9.84 Å². The number of fused-ring (bicyclic) bond motifs is 1. The van der Waals surface area contributed by atoms with E-state index in [1.54, 1.807) is 6.20 Å². The number of aliphatic hydroxyl groups excluding tert-OH is 1. The lowest BCUT2D eigenvalue weighted by molar-refractivity contribution is 0.115. The zero-order valence-corrected chi connectivity index (χ0v) is 6.95. The maximum atomic E-state index is 9.58. The molecule has 1 N–H and O–H groups in total. The van der Waals surface area contributed by atoms with Crippen LogP contribution in [0.3, 0.4) is 0 Å². The Bertz CT molecular complexity index is 299. The fourth-order valence-electron chi connectivity index (χ4n) is 1.39. The largest absolute Gasteiger partial charge is 0.491 e. The first-order valence-corrected chi connectivity index (χ1v) is 4.05. The van der Waals surface area contributed by atoms with E-state index in [1.165, 1.54) is 0 Å². The zero-order chi connectivity index (χ0) is 8.55. The van der Waals surface area contributed by atoms with E-state index in [0.717, 1.165) is 17.0 Å². The summed E-state index contributed by atoms with van der Waals surface area (Å²) in [5.41, 5.74) is 1.78. The van der Waals surface area contributed by atoms with Crippen LogP contribution in [0.1, 0.15) is 23.8 Å². The molecule has 0 aromatic carbocycles. The number of ether oxygens (including phenoxy) is 1. The summed E-state index contributed by atoms with van der Waals surface area (Å²) >= 11 is 0. The van der Waals surface area contributed by atoms with Gasteiger partial charge in [0.15, 0.2) is 0 Å². The summed E-state index contributed by atoms with van der Waals surface area (Å²) in [5, 5.41) is 9.58. The molecule has 0 bridgehead atoms. The second kappa shape index (κ2) is 2.75. The minimum atomic E-state index is -0.379. The van der Waals surface area contributed by atoms with Crippen molar-refractivity contribution in [3.05, 3.63) is 23.5 Å². The van der Waals surface area contributed by atoms with Gasteiger partial charge in [-0.1, -0.05) is 0 Å². The highest BCUT2D eigenvalue weighted by atomic mass is 16.5. The van der Waals surface area contributed by atoms with Gasteiger partial charge in [0.2, 0.25) is 0 Å². The molecule has 1 aliphatic rings. The normalized spacial score (nSPS) is 21.3. The molecule has 64 valence electrons. The van der Waals surface area contributed by atoms with E-state index in [1.807, 2.05) is 13.0 Å². The minimum absolute atomic E-state index is 0.379. The van der Waals surface area contributed by atoms with Crippen molar-refractivity contribution in [3.63, 3.8) is 0 Å². The van der Waals surface area contributed by atoms with Crippen molar-refractivity contribution in [2.24, 2.45) is 0 Å². The van der Waals surface area contributed by atoms with Crippen LogP contribution in [-0.2, 0) is 0 Å². The number of hydrogen-bond donors (Lipinski definition) is 1. The van der Waals surface area contributed by atoms with Gasteiger partial charge in [0.1, 0.15) is 5.75 Å². The molecule has 0 aliphatic carbocycles. The smallest absolute Gasteiger partial charge is 0.143 e. The molecule has 1 unspecified atom stereocenters. The van der Waals surface area contributed by atoms with E-state index >= 15 is 0 Å². The van der Waals surface area contributed by atoms with Crippen LogP contribution in [0.4, 0.5) is 0 Å². The number of aliphatic hydroxyl groups is 1. The maximum absolute atomic E-state index is 9.58. The minimum Gasteiger partial charge on any atom is -0.491 e. The Morgan fingerprint density at radius 3 is 3.33 bits per heavy atom. The number of pyridine rings is 1. The van der Waals surface area contributed by atoms with Gasteiger partial charge in [-0.3, -0.25) is 4.98 Å². The van der Waals surface area contributed by atoms with Crippen molar-refractivity contribution in [1.29, 1.82) is 0 Å². The van der Waals surface area contributed by atoms with E-state index < -0.39 is 0 Å². The summed E-state index contributed by atoms with van der Waals surface area (Å²) in [4.78, 5) is 4.09. The van der Waals surface area contributed by atoms with Gasteiger partial charge >= 0.3 is 0 Å². The number of aromatic nitrogens is 1. The van der Waals surface area contributed by atoms with Crippen LogP contribution in [-0.4, -0.2) is 16.7 Å². The third-order valence-corrected chi connectivity index (χ3v) is 2.04. The standard InChI is InChI=1S/C9H11NO2/c1-6-4-7-8(11)2-3-12-9(7)5-10-6/h4-5,8,11H,2-3H2,1H3. The molecule has 1 aromatic rings. The predicted octanol–water partition coefficient (Wildman–Crippen LogP) is 1.21. The highest BCUT2D eigenvalue weighted by Crippen LogP contribution is 2.31. The van der Waals surface area contributed by atoms with Gasteiger partial charge in [-0.05, 0) is 13.0 Å². The van der Waals surface area contributed by atoms with Crippen molar-refractivity contribution in [3.8, 4) is 5.75 Å². The van der Waals surface area contributed by atoms with Crippen LogP contribution in [0.5, 0.6) is 5.75 Å². The average Bonchev–Trinajstić information content (AvgIpc) is 2.07. The monoisotopic (exact) mass is 165 g/mol. The lowest BCUT2D eigenvalue weighted by Gasteiger charge is -2.21. The van der Waals surface area contributed by atoms with Gasteiger partial charge < -0.3 is 9.84 Å². The summed E-state index contributed by atoms with van der Waals surface area (Å²) in [6.07, 6.45) is 1.97. The zero-order valence-electron chi connectivity index (χ0n) is 6.95. The molecule has 0 radical (unpaired) electrons. The summed E-state index contributed by atoms with van der Waals surface area (Å²) in [7, 11) is 0. The van der Waals surface area contributed by atoms with Gasteiger partial charge in [-0.15, -0.1) is 0 Å². The van der Waals surface area contributed by atoms with E-state index in [9.17, 15) is 5.11 Å². The highest BCUT2D eigenvalue weighted by Gasteiger charge is 2.19.